The van der Waals surface area contributed by atoms with Gasteiger partial charge in [0.1, 0.15) is 6.61 Å². The van der Waals surface area contributed by atoms with Crippen LogP contribution in [0.2, 0.25) is 0 Å². The highest BCUT2D eigenvalue weighted by molar-refractivity contribution is 6.09. The first kappa shape index (κ1) is 23.1. The number of rotatable bonds is 5. The van der Waals surface area contributed by atoms with Gasteiger partial charge in [-0.05, 0) is 47.9 Å². The zero-order valence-electron chi connectivity index (χ0n) is 19.8. The third-order valence-electron chi connectivity index (χ3n) is 6.07. The zero-order valence-corrected chi connectivity index (χ0v) is 19.8. The Labute approximate surface area is 198 Å². The Morgan fingerprint density at radius 2 is 1.88 bits per heavy atom. The first-order chi connectivity index (χ1) is 16.2. The van der Waals surface area contributed by atoms with E-state index in [1.807, 2.05) is 55.4 Å². The van der Waals surface area contributed by atoms with Crippen LogP contribution < -0.4 is 21.1 Å². The number of nitrogens with two attached hydrogens (primary N) is 1. The second-order valence-electron chi connectivity index (χ2n) is 8.63. The Morgan fingerprint density at radius 1 is 1.12 bits per heavy atom. The molecule has 3 aromatic rings. The number of benzene rings is 2. The molecule has 0 radical (unpaired) electrons. The van der Waals surface area contributed by atoms with Crippen molar-refractivity contribution in [3.05, 3.63) is 75.7 Å². The van der Waals surface area contributed by atoms with Crippen molar-refractivity contribution >= 4 is 28.9 Å². The molecule has 1 amide bonds. The van der Waals surface area contributed by atoms with Gasteiger partial charge in [0.25, 0.3) is 11.5 Å². The lowest BCUT2D eigenvalue weighted by molar-refractivity contribution is -0.142. The highest BCUT2D eigenvalue weighted by Gasteiger charge is 2.28. The minimum absolute atomic E-state index is 0.0141. The van der Waals surface area contributed by atoms with Crippen molar-refractivity contribution in [2.24, 2.45) is 7.05 Å². The third kappa shape index (κ3) is 4.26. The van der Waals surface area contributed by atoms with Crippen LogP contribution in [0.5, 0.6) is 0 Å². The Balaban J connectivity index is 1.82. The standard InChI is InChI=1S/C26H28N4O4/c1-16(31)34-15-22-20(18-13-23(27)26(33)29(4)14-18)6-5-7-24(22)30-11-10-17-12-19(28(2)3)8-9-21(17)25(30)32/h5-9,12-14H,10-11,15,27H2,1-4H3. The van der Waals surface area contributed by atoms with Gasteiger partial charge < -0.3 is 24.8 Å². The number of hydrogen-bond acceptors (Lipinski definition) is 6. The average molecular weight is 461 g/mol. The molecule has 4 rings (SSSR count). The number of aryl methyl sites for hydroxylation is 1. The van der Waals surface area contributed by atoms with Gasteiger partial charge in [0, 0.05) is 63.2 Å². The van der Waals surface area contributed by atoms with Crippen molar-refractivity contribution in [2.75, 3.05) is 36.2 Å². The molecule has 0 unspecified atom stereocenters. The molecular weight excluding hydrogens is 432 g/mol. The van der Waals surface area contributed by atoms with E-state index in [4.69, 9.17) is 10.5 Å². The summed E-state index contributed by atoms with van der Waals surface area (Å²) in [7, 11) is 5.57. The molecule has 2 aromatic carbocycles. The summed E-state index contributed by atoms with van der Waals surface area (Å²) in [6.07, 6.45) is 2.39. The van der Waals surface area contributed by atoms with Gasteiger partial charge in [0.2, 0.25) is 0 Å². The molecule has 176 valence electrons. The van der Waals surface area contributed by atoms with Crippen molar-refractivity contribution in [1.29, 1.82) is 0 Å². The van der Waals surface area contributed by atoms with Gasteiger partial charge in [-0.3, -0.25) is 14.4 Å². The van der Waals surface area contributed by atoms with Gasteiger partial charge in [-0.15, -0.1) is 0 Å². The van der Waals surface area contributed by atoms with Crippen LogP contribution >= 0.6 is 0 Å². The summed E-state index contributed by atoms with van der Waals surface area (Å²) >= 11 is 0. The van der Waals surface area contributed by atoms with E-state index in [-0.39, 0.29) is 23.8 Å². The molecule has 1 aromatic heterocycles. The predicted octanol–water partition coefficient (Wildman–Crippen LogP) is 2.97. The van der Waals surface area contributed by atoms with Crippen LogP contribution in [0.3, 0.4) is 0 Å². The number of carbonyl (C=O) groups excluding carboxylic acids is 2. The summed E-state index contributed by atoms with van der Waals surface area (Å²) in [5, 5.41) is 0. The SMILES string of the molecule is CC(=O)OCc1c(-c2cc(N)c(=O)n(C)c2)cccc1N1CCc2cc(N(C)C)ccc2C1=O. The summed E-state index contributed by atoms with van der Waals surface area (Å²) in [4.78, 5) is 41.0. The van der Waals surface area contributed by atoms with Crippen molar-refractivity contribution in [3.63, 3.8) is 0 Å². The molecule has 0 fully saturated rings. The van der Waals surface area contributed by atoms with E-state index in [1.54, 1.807) is 24.2 Å². The fraction of sp³-hybridized carbons (Fsp3) is 0.269. The van der Waals surface area contributed by atoms with Crippen LogP contribution in [0.25, 0.3) is 11.1 Å². The number of aromatic nitrogens is 1. The van der Waals surface area contributed by atoms with Gasteiger partial charge in [0.15, 0.2) is 0 Å². The molecule has 0 aliphatic carbocycles. The van der Waals surface area contributed by atoms with E-state index in [0.717, 1.165) is 16.8 Å². The maximum Gasteiger partial charge on any atom is 0.302 e. The lowest BCUT2D eigenvalue weighted by Gasteiger charge is -2.31. The molecule has 0 bridgehead atoms. The van der Waals surface area contributed by atoms with E-state index >= 15 is 0 Å². The van der Waals surface area contributed by atoms with Crippen molar-refractivity contribution in [1.82, 2.24) is 4.57 Å². The number of nitrogen functional groups attached to an aromatic ring is 1. The molecule has 8 nitrogen and oxygen atoms in total. The first-order valence-electron chi connectivity index (χ1n) is 11.0. The Bertz CT molecular complexity index is 1320. The average Bonchev–Trinajstić information content (AvgIpc) is 2.80. The van der Waals surface area contributed by atoms with E-state index in [0.29, 0.717) is 35.3 Å². The van der Waals surface area contributed by atoms with Crippen LogP contribution in [0, 0.1) is 0 Å². The molecule has 1 aliphatic heterocycles. The van der Waals surface area contributed by atoms with Gasteiger partial charge >= 0.3 is 5.97 Å². The monoisotopic (exact) mass is 460 g/mol. The number of pyridine rings is 1. The number of esters is 1. The van der Waals surface area contributed by atoms with Gasteiger partial charge in [-0.25, -0.2) is 0 Å². The van der Waals surface area contributed by atoms with Crippen molar-refractivity contribution < 1.29 is 14.3 Å². The van der Waals surface area contributed by atoms with Crippen LogP contribution in [0.15, 0.2) is 53.5 Å². The number of hydrogen-bond donors (Lipinski definition) is 1. The number of amides is 1. The van der Waals surface area contributed by atoms with Gasteiger partial charge in [-0.2, -0.15) is 0 Å². The van der Waals surface area contributed by atoms with Crippen molar-refractivity contribution in [3.8, 4) is 11.1 Å². The molecule has 34 heavy (non-hydrogen) atoms. The smallest absolute Gasteiger partial charge is 0.302 e. The number of anilines is 3. The van der Waals surface area contributed by atoms with Crippen LogP contribution in [-0.2, 0) is 29.6 Å². The maximum absolute atomic E-state index is 13.5. The number of carbonyl (C=O) groups is 2. The summed E-state index contributed by atoms with van der Waals surface area (Å²) in [5.74, 6) is -0.528. The molecule has 0 saturated carbocycles. The van der Waals surface area contributed by atoms with Gasteiger partial charge in [-0.1, -0.05) is 12.1 Å². The lowest BCUT2D eigenvalue weighted by atomic mass is 9.94. The van der Waals surface area contributed by atoms with Crippen molar-refractivity contribution in [2.45, 2.75) is 20.0 Å². The Hall–Kier alpha value is -4.07. The number of ether oxygens (including phenoxy) is 1. The zero-order chi connectivity index (χ0) is 24.6. The topological polar surface area (TPSA) is 97.9 Å². The molecule has 2 N–H and O–H groups in total. The molecule has 0 saturated heterocycles. The number of nitrogens with zero attached hydrogens (tertiary/aromatic N) is 3. The molecule has 1 aliphatic rings. The van der Waals surface area contributed by atoms with Crippen LogP contribution in [0.4, 0.5) is 17.1 Å². The lowest BCUT2D eigenvalue weighted by Crippen LogP contribution is -2.38. The second-order valence-corrected chi connectivity index (χ2v) is 8.63. The minimum atomic E-state index is -0.424. The molecular formula is C26H28N4O4. The predicted molar refractivity (Wildman–Crippen MR) is 133 cm³/mol. The van der Waals surface area contributed by atoms with E-state index in [1.165, 1.54) is 11.5 Å². The third-order valence-corrected chi connectivity index (χ3v) is 6.07. The molecule has 2 heterocycles. The quantitative estimate of drug-likeness (QED) is 0.588. The second kappa shape index (κ2) is 9.05. The Morgan fingerprint density at radius 3 is 2.56 bits per heavy atom. The summed E-state index contributed by atoms with van der Waals surface area (Å²) in [5.41, 5.74) is 11.3. The van der Waals surface area contributed by atoms with E-state index < -0.39 is 5.97 Å². The Kier molecular flexibility index (Phi) is 6.15. The molecule has 0 atom stereocenters. The summed E-state index contributed by atoms with van der Waals surface area (Å²) < 4.78 is 6.78. The molecule has 8 heteroatoms. The van der Waals surface area contributed by atoms with Gasteiger partial charge in [0.05, 0.1) is 11.4 Å². The van der Waals surface area contributed by atoms with Crippen LogP contribution in [0.1, 0.15) is 28.4 Å². The fourth-order valence-electron chi connectivity index (χ4n) is 4.29. The number of fused-ring (bicyclic) bond motifs is 1. The van der Waals surface area contributed by atoms with E-state index in [2.05, 4.69) is 0 Å². The first-order valence-corrected chi connectivity index (χ1v) is 11.0. The molecule has 0 spiro atoms. The van der Waals surface area contributed by atoms with E-state index in [9.17, 15) is 14.4 Å². The fourth-order valence-corrected chi connectivity index (χ4v) is 4.29. The summed E-state index contributed by atoms with van der Waals surface area (Å²) in [6, 6.07) is 13.0. The highest BCUT2D eigenvalue weighted by Crippen LogP contribution is 2.35. The minimum Gasteiger partial charge on any atom is -0.461 e. The maximum atomic E-state index is 13.5. The largest absolute Gasteiger partial charge is 0.461 e. The highest BCUT2D eigenvalue weighted by atomic mass is 16.5. The normalized spacial score (nSPS) is 12.9. The van der Waals surface area contributed by atoms with Crippen LogP contribution in [-0.4, -0.2) is 37.1 Å². The summed E-state index contributed by atoms with van der Waals surface area (Å²) in [6.45, 7) is 1.82.